The lowest BCUT2D eigenvalue weighted by Crippen LogP contribution is -2.26. The van der Waals surface area contributed by atoms with Crippen molar-refractivity contribution in [1.82, 2.24) is 4.98 Å². The van der Waals surface area contributed by atoms with Gasteiger partial charge in [0.2, 0.25) is 0 Å². The van der Waals surface area contributed by atoms with E-state index < -0.39 is 0 Å². The molecule has 2 heteroatoms. The van der Waals surface area contributed by atoms with E-state index in [1.807, 2.05) is 13.1 Å². The van der Waals surface area contributed by atoms with Crippen LogP contribution in [0.2, 0.25) is 0 Å². The number of nitrogens with one attached hydrogen (secondary N) is 1. The maximum absolute atomic E-state index is 4.30. The molecule has 1 saturated carbocycles. The Balaban J connectivity index is 1.93. The summed E-state index contributed by atoms with van der Waals surface area (Å²) in [5.41, 5.74) is 2.25. The molecule has 1 aliphatic rings. The Morgan fingerprint density at radius 3 is 2.87 bits per heavy atom. The summed E-state index contributed by atoms with van der Waals surface area (Å²) in [6.07, 6.45) is 7.29. The second kappa shape index (κ2) is 4.65. The summed E-state index contributed by atoms with van der Waals surface area (Å²) < 4.78 is 0. The minimum Gasteiger partial charge on any atom is -0.381 e. The van der Waals surface area contributed by atoms with E-state index >= 15 is 0 Å². The lowest BCUT2D eigenvalue weighted by molar-refractivity contribution is 0.358. The van der Waals surface area contributed by atoms with Crippen LogP contribution in [0.3, 0.4) is 0 Å². The molecule has 0 aromatic carbocycles. The Labute approximate surface area is 92.1 Å². The molecule has 1 heterocycles. The Morgan fingerprint density at radius 2 is 2.20 bits per heavy atom. The molecule has 0 spiro atoms. The second-order valence-corrected chi connectivity index (χ2v) is 4.80. The average molecular weight is 204 g/mol. The third kappa shape index (κ3) is 2.95. The largest absolute Gasteiger partial charge is 0.381 e. The first-order chi connectivity index (χ1) is 7.24. The minimum absolute atomic E-state index is 0.651. The molecule has 2 atom stereocenters. The predicted molar refractivity (Wildman–Crippen MR) is 64.0 cm³/mol. The van der Waals surface area contributed by atoms with Gasteiger partial charge in [-0.25, -0.2) is 0 Å². The van der Waals surface area contributed by atoms with E-state index in [0.717, 1.165) is 11.6 Å². The molecule has 0 amide bonds. The lowest BCUT2D eigenvalue weighted by Gasteiger charge is -2.28. The van der Waals surface area contributed by atoms with Crippen LogP contribution >= 0.6 is 0 Å². The Morgan fingerprint density at radius 1 is 1.33 bits per heavy atom. The van der Waals surface area contributed by atoms with Gasteiger partial charge in [-0.1, -0.05) is 19.8 Å². The van der Waals surface area contributed by atoms with Crippen molar-refractivity contribution in [3.8, 4) is 0 Å². The van der Waals surface area contributed by atoms with Crippen LogP contribution in [0.25, 0.3) is 0 Å². The fourth-order valence-corrected chi connectivity index (χ4v) is 2.35. The van der Waals surface area contributed by atoms with Crippen LogP contribution in [-0.2, 0) is 0 Å². The van der Waals surface area contributed by atoms with Gasteiger partial charge in [0.1, 0.15) is 0 Å². The summed E-state index contributed by atoms with van der Waals surface area (Å²) >= 11 is 0. The number of hydrogen-bond donors (Lipinski definition) is 1. The Hall–Kier alpha value is -1.05. The van der Waals surface area contributed by atoms with Gasteiger partial charge in [-0.2, -0.15) is 0 Å². The van der Waals surface area contributed by atoms with Crippen LogP contribution in [-0.4, -0.2) is 11.0 Å². The van der Waals surface area contributed by atoms with E-state index in [1.54, 1.807) is 0 Å². The summed E-state index contributed by atoms with van der Waals surface area (Å²) in [6, 6.07) is 4.84. The molecule has 1 aromatic heterocycles. The topological polar surface area (TPSA) is 24.9 Å². The van der Waals surface area contributed by atoms with Crippen LogP contribution in [0.5, 0.6) is 0 Å². The molecule has 15 heavy (non-hydrogen) atoms. The third-order valence-corrected chi connectivity index (χ3v) is 3.22. The van der Waals surface area contributed by atoms with Crippen LogP contribution < -0.4 is 5.32 Å². The van der Waals surface area contributed by atoms with Crippen LogP contribution in [0.4, 0.5) is 5.69 Å². The van der Waals surface area contributed by atoms with E-state index in [1.165, 1.54) is 31.4 Å². The lowest BCUT2D eigenvalue weighted by atomic mass is 9.87. The second-order valence-electron chi connectivity index (χ2n) is 4.80. The predicted octanol–water partition coefficient (Wildman–Crippen LogP) is 3.38. The summed E-state index contributed by atoms with van der Waals surface area (Å²) in [5.74, 6) is 0.870. The highest BCUT2D eigenvalue weighted by molar-refractivity contribution is 5.41. The number of rotatable bonds is 2. The smallest absolute Gasteiger partial charge is 0.0529 e. The number of aromatic nitrogens is 1. The molecule has 0 radical (unpaired) electrons. The summed E-state index contributed by atoms with van der Waals surface area (Å²) in [6.45, 7) is 4.37. The van der Waals surface area contributed by atoms with Gasteiger partial charge in [0.05, 0.1) is 11.9 Å². The summed E-state index contributed by atoms with van der Waals surface area (Å²) in [7, 11) is 0. The number of aryl methyl sites for hydroxylation is 1. The van der Waals surface area contributed by atoms with Crippen molar-refractivity contribution in [3.63, 3.8) is 0 Å². The van der Waals surface area contributed by atoms with Gasteiger partial charge in [-0.3, -0.25) is 4.98 Å². The number of anilines is 1. The summed E-state index contributed by atoms with van der Waals surface area (Å²) in [5, 5.41) is 3.58. The fraction of sp³-hybridized carbons (Fsp3) is 0.615. The zero-order valence-electron chi connectivity index (χ0n) is 9.66. The highest BCUT2D eigenvalue weighted by Crippen LogP contribution is 2.25. The van der Waals surface area contributed by atoms with E-state index in [9.17, 15) is 0 Å². The van der Waals surface area contributed by atoms with Gasteiger partial charge in [0.15, 0.2) is 0 Å². The van der Waals surface area contributed by atoms with Gasteiger partial charge in [0.25, 0.3) is 0 Å². The fourth-order valence-electron chi connectivity index (χ4n) is 2.35. The van der Waals surface area contributed by atoms with Gasteiger partial charge < -0.3 is 5.32 Å². The zero-order valence-corrected chi connectivity index (χ0v) is 9.66. The molecule has 0 bridgehead atoms. The average Bonchev–Trinajstić information content (AvgIpc) is 2.22. The molecular weight excluding hydrogens is 184 g/mol. The zero-order chi connectivity index (χ0) is 10.7. The molecule has 2 rings (SSSR count). The molecular formula is C13H20N2. The molecule has 0 saturated heterocycles. The number of hydrogen-bond acceptors (Lipinski definition) is 2. The highest BCUT2D eigenvalue weighted by Gasteiger charge is 2.18. The van der Waals surface area contributed by atoms with Gasteiger partial charge in [0, 0.05) is 11.7 Å². The van der Waals surface area contributed by atoms with E-state index in [2.05, 4.69) is 29.4 Å². The van der Waals surface area contributed by atoms with Gasteiger partial charge in [-0.15, -0.1) is 0 Å². The molecule has 2 unspecified atom stereocenters. The van der Waals surface area contributed by atoms with Crippen molar-refractivity contribution in [2.24, 2.45) is 5.92 Å². The maximum atomic E-state index is 4.30. The van der Waals surface area contributed by atoms with Crippen LogP contribution in [0, 0.1) is 12.8 Å². The molecule has 1 aromatic rings. The van der Waals surface area contributed by atoms with E-state index in [0.29, 0.717) is 6.04 Å². The van der Waals surface area contributed by atoms with Crippen molar-refractivity contribution in [2.45, 2.75) is 45.6 Å². The molecule has 1 N–H and O–H groups in total. The van der Waals surface area contributed by atoms with E-state index in [4.69, 9.17) is 0 Å². The first-order valence-corrected chi connectivity index (χ1v) is 5.93. The van der Waals surface area contributed by atoms with E-state index in [-0.39, 0.29) is 0 Å². The Bertz CT molecular complexity index is 305. The number of nitrogens with zero attached hydrogens (tertiary/aromatic N) is 1. The minimum atomic E-state index is 0.651. The molecule has 2 nitrogen and oxygen atoms in total. The SMILES string of the molecule is Cc1ccc(NC2CCCC(C)C2)cn1. The third-order valence-electron chi connectivity index (χ3n) is 3.22. The van der Waals surface area contributed by atoms with Gasteiger partial charge >= 0.3 is 0 Å². The van der Waals surface area contributed by atoms with Crippen molar-refractivity contribution < 1.29 is 0 Å². The van der Waals surface area contributed by atoms with Crippen molar-refractivity contribution in [2.75, 3.05) is 5.32 Å². The molecule has 0 aliphatic heterocycles. The maximum Gasteiger partial charge on any atom is 0.0529 e. The highest BCUT2D eigenvalue weighted by atomic mass is 14.9. The first kappa shape index (κ1) is 10.5. The van der Waals surface area contributed by atoms with Crippen LogP contribution in [0.1, 0.15) is 38.3 Å². The molecule has 1 fully saturated rings. The molecule has 82 valence electrons. The Kier molecular flexibility index (Phi) is 3.24. The van der Waals surface area contributed by atoms with Crippen molar-refractivity contribution in [3.05, 3.63) is 24.0 Å². The first-order valence-electron chi connectivity index (χ1n) is 5.93. The normalized spacial score (nSPS) is 26.3. The molecule has 1 aliphatic carbocycles. The summed E-state index contributed by atoms with van der Waals surface area (Å²) in [4.78, 5) is 4.30. The van der Waals surface area contributed by atoms with Gasteiger partial charge in [-0.05, 0) is 37.8 Å². The quantitative estimate of drug-likeness (QED) is 0.798. The van der Waals surface area contributed by atoms with Crippen molar-refractivity contribution >= 4 is 5.69 Å². The monoisotopic (exact) mass is 204 g/mol. The standard InChI is InChI=1S/C13H20N2/c1-10-4-3-5-12(8-10)15-13-7-6-11(2)14-9-13/h6-7,9-10,12,15H,3-5,8H2,1-2H3. The van der Waals surface area contributed by atoms with Crippen molar-refractivity contribution in [1.29, 1.82) is 0 Å². The number of pyridine rings is 1. The van der Waals surface area contributed by atoms with Crippen LogP contribution in [0.15, 0.2) is 18.3 Å².